The molecule has 0 amide bonds. The molecular formula is C14H12F2OS. The lowest BCUT2D eigenvalue weighted by Gasteiger charge is -2.07. The summed E-state index contributed by atoms with van der Waals surface area (Å²) in [7, 11) is 0. The molecule has 0 atom stereocenters. The van der Waals surface area contributed by atoms with Gasteiger partial charge in [0.2, 0.25) is 0 Å². The molecule has 0 aromatic heterocycles. The van der Waals surface area contributed by atoms with Crippen molar-refractivity contribution in [1.29, 1.82) is 0 Å². The fourth-order valence-electron chi connectivity index (χ4n) is 1.43. The van der Waals surface area contributed by atoms with Crippen molar-refractivity contribution in [2.75, 3.05) is 12.4 Å². The first-order chi connectivity index (χ1) is 8.77. The van der Waals surface area contributed by atoms with Crippen molar-refractivity contribution >= 4 is 11.8 Å². The Hall–Kier alpha value is -1.55. The Labute approximate surface area is 109 Å². The summed E-state index contributed by atoms with van der Waals surface area (Å²) in [6.07, 6.45) is 0. The van der Waals surface area contributed by atoms with Crippen LogP contribution in [-0.2, 0) is 0 Å². The molecule has 0 bridgehead atoms. The van der Waals surface area contributed by atoms with Crippen molar-refractivity contribution in [3.05, 3.63) is 60.2 Å². The third-order valence-electron chi connectivity index (χ3n) is 2.27. The highest BCUT2D eigenvalue weighted by Crippen LogP contribution is 2.21. The topological polar surface area (TPSA) is 9.23 Å². The van der Waals surface area contributed by atoms with Gasteiger partial charge in [0, 0.05) is 10.6 Å². The van der Waals surface area contributed by atoms with Crippen molar-refractivity contribution in [1.82, 2.24) is 0 Å². The molecule has 0 aliphatic rings. The molecule has 2 aromatic rings. The smallest absolute Gasteiger partial charge is 0.165 e. The molecule has 0 unspecified atom stereocenters. The zero-order valence-electron chi connectivity index (χ0n) is 9.61. The van der Waals surface area contributed by atoms with Crippen LogP contribution in [0.15, 0.2) is 53.4 Å². The van der Waals surface area contributed by atoms with Crippen molar-refractivity contribution < 1.29 is 13.5 Å². The van der Waals surface area contributed by atoms with Crippen LogP contribution in [0.2, 0.25) is 0 Å². The third kappa shape index (κ3) is 3.47. The summed E-state index contributed by atoms with van der Waals surface area (Å²) in [6, 6.07) is 12.8. The third-order valence-corrected chi connectivity index (χ3v) is 3.28. The van der Waals surface area contributed by atoms with E-state index in [1.807, 2.05) is 0 Å². The summed E-state index contributed by atoms with van der Waals surface area (Å²) in [5.41, 5.74) is 0. The van der Waals surface area contributed by atoms with E-state index < -0.39 is 0 Å². The van der Waals surface area contributed by atoms with Gasteiger partial charge in [-0.15, -0.1) is 11.8 Å². The van der Waals surface area contributed by atoms with Crippen molar-refractivity contribution in [2.24, 2.45) is 0 Å². The summed E-state index contributed by atoms with van der Waals surface area (Å²) < 4.78 is 31.8. The predicted molar refractivity (Wildman–Crippen MR) is 69.0 cm³/mol. The summed E-state index contributed by atoms with van der Waals surface area (Å²) in [6.45, 7) is 0.333. The highest BCUT2D eigenvalue weighted by atomic mass is 32.2. The first-order valence-electron chi connectivity index (χ1n) is 5.52. The Kier molecular flexibility index (Phi) is 4.59. The van der Waals surface area contributed by atoms with Gasteiger partial charge < -0.3 is 4.74 Å². The summed E-state index contributed by atoms with van der Waals surface area (Å²) in [4.78, 5) is 0.578. The van der Waals surface area contributed by atoms with Gasteiger partial charge in [0.1, 0.15) is 5.82 Å². The van der Waals surface area contributed by atoms with Gasteiger partial charge >= 0.3 is 0 Å². The van der Waals surface area contributed by atoms with Crippen LogP contribution >= 0.6 is 11.8 Å². The fraction of sp³-hybridized carbons (Fsp3) is 0.143. The maximum atomic E-state index is 13.3. The van der Waals surface area contributed by atoms with Gasteiger partial charge in [-0.05, 0) is 24.3 Å². The maximum Gasteiger partial charge on any atom is 0.165 e. The molecule has 0 heterocycles. The van der Waals surface area contributed by atoms with Crippen molar-refractivity contribution in [3.63, 3.8) is 0 Å². The number of thioether (sulfide) groups is 1. The normalized spacial score (nSPS) is 10.3. The highest BCUT2D eigenvalue weighted by Gasteiger charge is 2.03. The Balaban J connectivity index is 1.80. The molecule has 1 nitrogen and oxygen atoms in total. The molecule has 0 aliphatic carbocycles. The molecule has 0 N–H and O–H groups in total. The largest absolute Gasteiger partial charge is 0.490 e. The molecular weight excluding hydrogens is 254 g/mol. The monoisotopic (exact) mass is 266 g/mol. The van der Waals surface area contributed by atoms with Crippen LogP contribution in [0.25, 0.3) is 0 Å². The zero-order chi connectivity index (χ0) is 12.8. The number of benzene rings is 2. The van der Waals surface area contributed by atoms with E-state index in [0.29, 0.717) is 17.3 Å². The number of para-hydroxylation sites is 1. The molecule has 0 radical (unpaired) electrons. The molecule has 94 valence electrons. The van der Waals surface area contributed by atoms with Crippen LogP contribution in [0.3, 0.4) is 0 Å². The molecule has 0 spiro atoms. The molecule has 0 saturated carbocycles. The van der Waals surface area contributed by atoms with E-state index in [2.05, 4.69) is 0 Å². The summed E-state index contributed by atoms with van der Waals surface area (Å²) in [5, 5.41) is 0. The average Bonchev–Trinajstić information content (AvgIpc) is 2.38. The van der Waals surface area contributed by atoms with E-state index in [0.717, 1.165) is 0 Å². The van der Waals surface area contributed by atoms with Crippen LogP contribution < -0.4 is 4.74 Å². The van der Waals surface area contributed by atoms with E-state index in [1.165, 1.54) is 23.9 Å². The highest BCUT2D eigenvalue weighted by molar-refractivity contribution is 7.99. The van der Waals surface area contributed by atoms with Crippen LogP contribution in [0, 0.1) is 11.6 Å². The standard InChI is InChI=1S/C14H12F2OS/c15-11-5-1-3-7-13(11)17-9-10-18-14-8-4-2-6-12(14)16/h1-8H,9-10H2. The van der Waals surface area contributed by atoms with Gasteiger partial charge in [-0.25, -0.2) is 8.78 Å². The molecule has 0 fully saturated rings. The molecule has 18 heavy (non-hydrogen) atoms. The lowest BCUT2D eigenvalue weighted by molar-refractivity contribution is 0.325. The minimum Gasteiger partial charge on any atom is -0.490 e. The lowest BCUT2D eigenvalue weighted by atomic mass is 10.3. The van der Waals surface area contributed by atoms with Gasteiger partial charge in [-0.1, -0.05) is 24.3 Å². The van der Waals surface area contributed by atoms with Gasteiger partial charge in [0.05, 0.1) is 6.61 Å². The first-order valence-corrected chi connectivity index (χ1v) is 6.50. The molecule has 0 saturated heterocycles. The van der Waals surface area contributed by atoms with Gasteiger partial charge in [-0.2, -0.15) is 0 Å². The SMILES string of the molecule is Fc1ccccc1OCCSc1ccccc1F. The number of rotatable bonds is 5. The number of hydrogen-bond donors (Lipinski definition) is 0. The Morgan fingerprint density at radius 1 is 0.889 bits per heavy atom. The second-order valence-electron chi connectivity index (χ2n) is 3.56. The lowest BCUT2D eigenvalue weighted by Crippen LogP contribution is -2.01. The molecule has 4 heteroatoms. The Bertz CT molecular complexity index is 469. The Morgan fingerprint density at radius 2 is 1.56 bits per heavy atom. The van der Waals surface area contributed by atoms with Gasteiger partial charge in [-0.3, -0.25) is 0 Å². The van der Waals surface area contributed by atoms with Crippen LogP contribution in [0.5, 0.6) is 5.75 Å². The minimum absolute atomic E-state index is 0.228. The van der Waals surface area contributed by atoms with E-state index in [9.17, 15) is 8.78 Å². The van der Waals surface area contributed by atoms with Gasteiger partial charge in [0.25, 0.3) is 0 Å². The van der Waals surface area contributed by atoms with E-state index >= 15 is 0 Å². The first kappa shape index (κ1) is 12.9. The molecule has 2 aromatic carbocycles. The predicted octanol–water partition coefficient (Wildman–Crippen LogP) is 4.14. The molecule has 0 aliphatic heterocycles. The maximum absolute atomic E-state index is 13.3. The van der Waals surface area contributed by atoms with Crippen LogP contribution in [0.1, 0.15) is 0 Å². The van der Waals surface area contributed by atoms with E-state index in [4.69, 9.17) is 4.74 Å². The fourth-order valence-corrected chi connectivity index (χ4v) is 2.19. The minimum atomic E-state index is -0.381. The molecule has 2 rings (SSSR count). The zero-order valence-corrected chi connectivity index (χ0v) is 10.4. The van der Waals surface area contributed by atoms with E-state index in [-0.39, 0.29) is 17.4 Å². The van der Waals surface area contributed by atoms with Crippen molar-refractivity contribution in [3.8, 4) is 5.75 Å². The summed E-state index contributed by atoms with van der Waals surface area (Å²) in [5.74, 6) is 0.170. The van der Waals surface area contributed by atoms with Crippen molar-refractivity contribution in [2.45, 2.75) is 4.90 Å². The second-order valence-corrected chi connectivity index (χ2v) is 4.69. The number of hydrogen-bond acceptors (Lipinski definition) is 2. The quantitative estimate of drug-likeness (QED) is 0.594. The average molecular weight is 266 g/mol. The van der Waals surface area contributed by atoms with E-state index in [1.54, 1.807) is 36.4 Å². The number of halogens is 2. The van der Waals surface area contributed by atoms with Gasteiger partial charge in [0.15, 0.2) is 11.6 Å². The van der Waals surface area contributed by atoms with Crippen LogP contribution in [0.4, 0.5) is 8.78 Å². The second kappa shape index (κ2) is 6.40. The van der Waals surface area contributed by atoms with Crippen LogP contribution in [-0.4, -0.2) is 12.4 Å². The summed E-state index contributed by atoms with van der Waals surface area (Å²) >= 11 is 1.35. The Morgan fingerprint density at radius 3 is 2.28 bits per heavy atom. The number of ether oxygens (including phenoxy) is 1.